The summed E-state index contributed by atoms with van der Waals surface area (Å²) in [5.74, 6) is -0.577. The Bertz CT molecular complexity index is 376. The van der Waals surface area contributed by atoms with E-state index >= 15 is 0 Å². The summed E-state index contributed by atoms with van der Waals surface area (Å²) in [6.45, 7) is 0.793. The van der Waals surface area contributed by atoms with Gasteiger partial charge in [-0.05, 0) is 12.8 Å². The quantitative estimate of drug-likeness (QED) is 0.633. The maximum atomic E-state index is 11.9. The summed E-state index contributed by atoms with van der Waals surface area (Å²) in [5, 5.41) is 9.35. The summed E-state index contributed by atoms with van der Waals surface area (Å²) in [6.07, 6.45) is 0.747. The lowest BCUT2D eigenvalue weighted by Gasteiger charge is -2.30. The summed E-state index contributed by atoms with van der Waals surface area (Å²) in [7, 11) is 1.53. The van der Waals surface area contributed by atoms with E-state index in [2.05, 4.69) is 0 Å². The van der Waals surface area contributed by atoms with E-state index in [-0.39, 0.29) is 31.0 Å². The zero-order valence-electron chi connectivity index (χ0n) is 10.3. The second-order valence-corrected chi connectivity index (χ2v) is 4.73. The monoisotopic (exact) mass is 255 g/mol. The van der Waals surface area contributed by atoms with Crippen molar-refractivity contribution in [1.29, 1.82) is 0 Å². The predicted molar refractivity (Wildman–Crippen MR) is 61.6 cm³/mol. The van der Waals surface area contributed by atoms with E-state index in [1.54, 1.807) is 4.90 Å². The Morgan fingerprint density at radius 3 is 2.44 bits per heavy atom. The summed E-state index contributed by atoms with van der Waals surface area (Å²) in [4.78, 5) is 38.9. The molecule has 2 saturated heterocycles. The number of imide groups is 1. The van der Waals surface area contributed by atoms with Gasteiger partial charge in [0.25, 0.3) is 5.91 Å². The second-order valence-electron chi connectivity index (χ2n) is 4.73. The van der Waals surface area contributed by atoms with Crippen LogP contribution in [0.2, 0.25) is 0 Å². The molecule has 2 rings (SSSR count). The fourth-order valence-corrected chi connectivity index (χ4v) is 2.17. The molecule has 2 aliphatic heterocycles. The molecule has 7 heteroatoms. The zero-order chi connectivity index (χ0) is 13.3. The lowest BCUT2D eigenvalue weighted by molar-refractivity contribution is -0.138. The lowest BCUT2D eigenvalue weighted by Crippen LogP contribution is -2.46. The van der Waals surface area contributed by atoms with Crippen LogP contribution in [0.3, 0.4) is 0 Å². The van der Waals surface area contributed by atoms with Crippen LogP contribution in [0.25, 0.3) is 0 Å². The molecule has 0 aliphatic carbocycles. The normalized spacial score (nSPS) is 22.0. The number of amides is 4. The molecule has 0 atom stereocenters. The van der Waals surface area contributed by atoms with E-state index in [0.29, 0.717) is 25.9 Å². The number of nitrogens with zero attached hydrogens (tertiary/aromatic N) is 3. The minimum atomic E-state index is -0.426. The van der Waals surface area contributed by atoms with Crippen molar-refractivity contribution in [3.05, 3.63) is 0 Å². The first-order valence-electron chi connectivity index (χ1n) is 6.00. The van der Waals surface area contributed by atoms with Gasteiger partial charge in [0, 0.05) is 20.1 Å². The first kappa shape index (κ1) is 12.8. The fraction of sp³-hybridized carbons (Fsp3) is 0.727. The number of carbonyl (C=O) groups excluding carboxylic acids is 3. The largest absolute Gasteiger partial charge is 0.393 e. The highest BCUT2D eigenvalue weighted by atomic mass is 16.3. The summed E-state index contributed by atoms with van der Waals surface area (Å²) in [5.41, 5.74) is 0. The van der Waals surface area contributed by atoms with Crippen molar-refractivity contribution in [1.82, 2.24) is 14.7 Å². The van der Waals surface area contributed by atoms with E-state index in [1.165, 1.54) is 11.9 Å². The van der Waals surface area contributed by atoms with Gasteiger partial charge in [0.1, 0.15) is 13.1 Å². The third kappa shape index (κ3) is 2.45. The first-order valence-corrected chi connectivity index (χ1v) is 6.00. The molecule has 0 radical (unpaired) electrons. The van der Waals surface area contributed by atoms with Crippen LogP contribution < -0.4 is 0 Å². The van der Waals surface area contributed by atoms with Crippen molar-refractivity contribution in [3.8, 4) is 0 Å². The van der Waals surface area contributed by atoms with Crippen LogP contribution in [0.5, 0.6) is 0 Å². The predicted octanol–water partition coefficient (Wildman–Crippen LogP) is -1.14. The van der Waals surface area contributed by atoms with Gasteiger partial charge in [-0.25, -0.2) is 4.79 Å². The average Bonchev–Trinajstić information content (AvgIpc) is 2.57. The molecule has 100 valence electrons. The number of hydrogen-bond donors (Lipinski definition) is 1. The van der Waals surface area contributed by atoms with Gasteiger partial charge in [0.15, 0.2) is 0 Å². The van der Waals surface area contributed by atoms with Gasteiger partial charge in [-0.1, -0.05) is 0 Å². The van der Waals surface area contributed by atoms with E-state index in [9.17, 15) is 19.5 Å². The number of likely N-dealkylation sites (tertiary alicyclic amines) is 1. The number of urea groups is 1. The van der Waals surface area contributed by atoms with E-state index in [0.717, 1.165) is 4.90 Å². The van der Waals surface area contributed by atoms with Crippen molar-refractivity contribution in [2.45, 2.75) is 18.9 Å². The number of hydrogen-bond acceptors (Lipinski definition) is 4. The number of aliphatic hydroxyl groups excluding tert-OH is 1. The molecule has 0 aromatic carbocycles. The van der Waals surface area contributed by atoms with Crippen molar-refractivity contribution in [3.63, 3.8) is 0 Å². The van der Waals surface area contributed by atoms with Crippen molar-refractivity contribution >= 4 is 17.8 Å². The Kier molecular flexibility index (Phi) is 3.51. The van der Waals surface area contributed by atoms with E-state index in [4.69, 9.17) is 0 Å². The van der Waals surface area contributed by atoms with Crippen LogP contribution >= 0.6 is 0 Å². The number of aliphatic hydroxyl groups is 1. The second kappa shape index (κ2) is 4.93. The highest BCUT2D eigenvalue weighted by Crippen LogP contribution is 2.12. The van der Waals surface area contributed by atoms with Gasteiger partial charge in [0.2, 0.25) is 5.91 Å². The molecule has 2 heterocycles. The molecule has 0 spiro atoms. The molecular formula is C11H17N3O4. The van der Waals surface area contributed by atoms with Crippen LogP contribution in [0, 0.1) is 0 Å². The standard InChI is InChI=1S/C11H17N3O4/c1-12-6-10(17)14(11(12)18)7-9(16)13-4-2-8(15)3-5-13/h8,15H,2-7H2,1H3. The Labute approximate surface area is 105 Å². The van der Waals surface area contributed by atoms with E-state index < -0.39 is 6.03 Å². The van der Waals surface area contributed by atoms with Gasteiger partial charge in [-0.15, -0.1) is 0 Å². The van der Waals surface area contributed by atoms with Crippen LogP contribution in [-0.4, -0.2) is 77.0 Å². The highest BCUT2D eigenvalue weighted by molar-refractivity contribution is 6.04. The Morgan fingerprint density at radius 1 is 1.33 bits per heavy atom. The van der Waals surface area contributed by atoms with Gasteiger partial charge in [-0.3, -0.25) is 14.5 Å². The Hall–Kier alpha value is -1.63. The van der Waals surface area contributed by atoms with Gasteiger partial charge in [-0.2, -0.15) is 0 Å². The molecule has 0 aromatic heterocycles. The van der Waals surface area contributed by atoms with Crippen LogP contribution in [-0.2, 0) is 9.59 Å². The molecule has 0 unspecified atom stereocenters. The molecule has 2 aliphatic rings. The maximum absolute atomic E-state index is 11.9. The molecule has 0 bridgehead atoms. The van der Waals surface area contributed by atoms with Crippen LogP contribution in [0.1, 0.15) is 12.8 Å². The minimum Gasteiger partial charge on any atom is -0.393 e. The summed E-state index contributed by atoms with van der Waals surface area (Å²) >= 11 is 0. The van der Waals surface area contributed by atoms with Crippen LogP contribution in [0.15, 0.2) is 0 Å². The smallest absolute Gasteiger partial charge is 0.327 e. The Balaban J connectivity index is 1.91. The van der Waals surface area contributed by atoms with Crippen molar-refractivity contribution in [2.75, 3.05) is 33.2 Å². The first-order chi connectivity index (χ1) is 8.49. The number of rotatable bonds is 2. The van der Waals surface area contributed by atoms with Crippen LogP contribution in [0.4, 0.5) is 4.79 Å². The number of carbonyl (C=O) groups is 3. The molecular weight excluding hydrogens is 238 g/mol. The van der Waals surface area contributed by atoms with Gasteiger partial charge < -0.3 is 14.9 Å². The third-order valence-electron chi connectivity index (χ3n) is 3.34. The number of piperidine rings is 1. The highest BCUT2D eigenvalue weighted by Gasteiger charge is 2.36. The van der Waals surface area contributed by atoms with Crippen molar-refractivity contribution < 1.29 is 19.5 Å². The molecule has 18 heavy (non-hydrogen) atoms. The SMILES string of the molecule is CN1CC(=O)N(CC(=O)N2CCC(O)CC2)C1=O. The maximum Gasteiger partial charge on any atom is 0.327 e. The Morgan fingerprint density at radius 2 is 1.94 bits per heavy atom. The molecule has 1 N–H and O–H groups in total. The molecule has 0 aromatic rings. The molecule has 4 amide bonds. The van der Waals surface area contributed by atoms with E-state index in [1.807, 2.05) is 0 Å². The van der Waals surface area contributed by atoms with Gasteiger partial charge >= 0.3 is 6.03 Å². The minimum absolute atomic E-state index is 0.0326. The average molecular weight is 255 g/mol. The topological polar surface area (TPSA) is 81.2 Å². The zero-order valence-corrected chi connectivity index (χ0v) is 10.3. The third-order valence-corrected chi connectivity index (χ3v) is 3.34. The van der Waals surface area contributed by atoms with Gasteiger partial charge in [0.05, 0.1) is 6.10 Å². The summed E-state index contributed by atoms with van der Waals surface area (Å²) < 4.78 is 0. The number of likely N-dealkylation sites (N-methyl/N-ethyl adjacent to an activating group) is 1. The fourth-order valence-electron chi connectivity index (χ4n) is 2.17. The van der Waals surface area contributed by atoms with Crippen molar-refractivity contribution in [2.24, 2.45) is 0 Å². The lowest BCUT2D eigenvalue weighted by atomic mass is 10.1. The summed E-state index contributed by atoms with van der Waals surface area (Å²) in [6, 6.07) is -0.426. The molecule has 2 fully saturated rings. The molecule has 7 nitrogen and oxygen atoms in total. The molecule has 0 saturated carbocycles.